The summed E-state index contributed by atoms with van der Waals surface area (Å²) in [6.45, 7) is 13.1. The van der Waals surface area contributed by atoms with Crippen LogP contribution in [0, 0.1) is 10.8 Å². The van der Waals surface area contributed by atoms with Gasteiger partial charge in [0, 0.05) is 10.8 Å². The Morgan fingerprint density at radius 1 is 1.31 bits per heavy atom. The molecule has 0 aromatic rings. The van der Waals surface area contributed by atoms with Crippen LogP contribution in [0.1, 0.15) is 33.1 Å². The summed E-state index contributed by atoms with van der Waals surface area (Å²) >= 11 is 0. The van der Waals surface area contributed by atoms with E-state index in [0.29, 0.717) is 6.10 Å². The van der Waals surface area contributed by atoms with Gasteiger partial charge in [0.2, 0.25) is 0 Å². The molecule has 0 unspecified atom stereocenters. The van der Waals surface area contributed by atoms with Gasteiger partial charge in [0.25, 0.3) is 0 Å². The summed E-state index contributed by atoms with van der Waals surface area (Å²) in [5.74, 6) is 0. The van der Waals surface area contributed by atoms with Gasteiger partial charge in [0.05, 0.1) is 12.2 Å². The zero-order valence-electron chi connectivity index (χ0n) is 10.3. The first-order valence-corrected chi connectivity index (χ1v) is 6.19. The maximum absolute atomic E-state index is 6.26. The molecule has 1 saturated carbocycles. The lowest BCUT2D eigenvalue weighted by Gasteiger charge is -2.48. The summed E-state index contributed by atoms with van der Waals surface area (Å²) in [6, 6.07) is 0. The van der Waals surface area contributed by atoms with E-state index in [4.69, 9.17) is 4.74 Å². The molecule has 1 nitrogen and oxygen atoms in total. The van der Waals surface area contributed by atoms with E-state index < -0.39 is 0 Å². The van der Waals surface area contributed by atoms with Gasteiger partial charge >= 0.3 is 0 Å². The summed E-state index contributed by atoms with van der Waals surface area (Å²) < 4.78 is 6.26. The molecule has 0 amide bonds. The highest BCUT2D eigenvalue weighted by Crippen LogP contribution is 2.64. The minimum atomic E-state index is 0.0666. The smallest absolute Gasteiger partial charge is 0.0753 e. The first kappa shape index (κ1) is 10.3. The fourth-order valence-corrected chi connectivity index (χ4v) is 3.99. The minimum Gasteiger partial charge on any atom is -0.373 e. The average molecular weight is 216 g/mol. The Morgan fingerprint density at radius 2 is 2.06 bits per heavy atom. The van der Waals surface area contributed by atoms with E-state index in [1.54, 1.807) is 0 Å². The quantitative estimate of drug-likeness (QED) is 0.562. The molecule has 3 atom stereocenters. The van der Waals surface area contributed by atoms with Crippen LogP contribution in [0.3, 0.4) is 0 Å². The third kappa shape index (κ3) is 0.958. The summed E-state index contributed by atoms with van der Waals surface area (Å²) in [5.41, 5.74) is 2.80. The second kappa shape index (κ2) is 2.89. The van der Waals surface area contributed by atoms with Crippen molar-refractivity contribution in [3.05, 3.63) is 36.5 Å². The topological polar surface area (TPSA) is 9.23 Å². The van der Waals surface area contributed by atoms with E-state index >= 15 is 0 Å². The predicted molar refractivity (Wildman–Crippen MR) is 66.1 cm³/mol. The van der Waals surface area contributed by atoms with Crippen LogP contribution < -0.4 is 0 Å². The molecular weight excluding hydrogens is 196 g/mol. The van der Waals surface area contributed by atoms with Crippen molar-refractivity contribution in [3.8, 4) is 0 Å². The lowest BCUT2D eigenvalue weighted by atomic mass is 9.52. The summed E-state index contributed by atoms with van der Waals surface area (Å²) in [4.78, 5) is 0. The highest BCUT2D eigenvalue weighted by molar-refractivity contribution is 5.40. The predicted octanol–water partition coefficient (Wildman–Crippen LogP) is 3.63. The van der Waals surface area contributed by atoms with Crippen LogP contribution in [0.4, 0.5) is 0 Å². The fourth-order valence-electron chi connectivity index (χ4n) is 3.99. The molecule has 1 heterocycles. The molecule has 1 aliphatic heterocycles. The molecule has 0 radical (unpaired) electrons. The molecule has 0 N–H and O–H groups in total. The third-order valence-corrected chi connectivity index (χ3v) is 5.03. The van der Waals surface area contributed by atoms with Crippen molar-refractivity contribution in [1.29, 1.82) is 0 Å². The molecule has 2 aliphatic carbocycles. The summed E-state index contributed by atoms with van der Waals surface area (Å²) in [5, 5.41) is 0. The molecule has 3 rings (SSSR count). The number of hydrogen-bond donors (Lipinski definition) is 0. The Labute approximate surface area is 97.9 Å². The van der Waals surface area contributed by atoms with Gasteiger partial charge in [0.1, 0.15) is 0 Å². The lowest BCUT2D eigenvalue weighted by molar-refractivity contribution is 0.0169. The monoisotopic (exact) mass is 216 g/mol. The molecule has 3 aliphatic rings. The second-order valence-corrected chi connectivity index (χ2v) is 6.04. The molecule has 1 spiro atoms. The van der Waals surface area contributed by atoms with E-state index in [1.807, 2.05) is 0 Å². The maximum Gasteiger partial charge on any atom is 0.0753 e. The second-order valence-electron chi connectivity index (χ2n) is 6.04. The van der Waals surface area contributed by atoms with Gasteiger partial charge in [-0.2, -0.15) is 0 Å². The summed E-state index contributed by atoms with van der Waals surface area (Å²) in [7, 11) is 0. The zero-order valence-corrected chi connectivity index (χ0v) is 10.3. The number of fused-ring (bicyclic) bond motifs is 1. The van der Waals surface area contributed by atoms with Crippen LogP contribution in [0.2, 0.25) is 0 Å². The van der Waals surface area contributed by atoms with Crippen molar-refractivity contribution >= 4 is 0 Å². The van der Waals surface area contributed by atoms with E-state index in [1.165, 1.54) is 11.1 Å². The standard InChI is InChI=1S/C15H20O/c1-10-7-8-15-11(2)5-6-12(14(15,3)4)16-13(15)9-10/h7-8,12-13H,1-2,5-6,9H2,3-4H3/t12-,13-,15-/m0/s1. The van der Waals surface area contributed by atoms with Crippen LogP contribution >= 0.6 is 0 Å². The van der Waals surface area contributed by atoms with Gasteiger partial charge in [-0.1, -0.05) is 50.3 Å². The van der Waals surface area contributed by atoms with Crippen LogP contribution in [0.5, 0.6) is 0 Å². The Balaban J connectivity index is 2.19. The first-order valence-electron chi connectivity index (χ1n) is 6.19. The molecule has 2 bridgehead atoms. The van der Waals surface area contributed by atoms with Crippen molar-refractivity contribution < 1.29 is 4.74 Å². The van der Waals surface area contributed by atoms with Gasteiger partial charge in [0.15, 0.2) is 0 Å². The van der Waals surface area contributed by atoms with Crippen molar-refractivity contribution in [2.45, 2.75) is 45.3 Å². The Kier molecular flexibility index (Phi) is 1.87. The van der Waals surface area contributed by atoms with Crippen LogP contribution in [-0.2, 0) is 4.74 Å². The van der Waals surface area contributed by atoms with Gasteiger partial charge < -0.3 is 4.74 Å². The first-order chi connectivity index (χ1) is 7.48. The van der Waals surface area contributed by atoms with Crippen LogP contribution in [0.25, 0.3) is 0 Å². The molecule has 86 valence electrons. The highest BCUT2D eigenvalue weighted by Gasteiger charge is 2.63. The van der Waals surface area contributed by atoms with Crippen molar-refractivity contribution in [1.82, 2.24) is 0 Å². The lowest BCUT2D eigenvalue weighted by Crippen LogP contribution is -2.47. The van der Waals surface area contributed by atoms with Gasteiger partial charge in [-0.3, -0.25) is 0 Å². The van der Waals surface area contributed by atoms with E-state index in [0.717, 1.165) is 19.3 Å². The van der Waals surface area contributed by atoms with Crippen molar-refractivity contribution in [3.63, 3.8) is 0 Å². The minimum absolute atomic E-state index is 0.0666. The summed E-state index contributed by atoms with van der Waals surface area (Å²) in [6.07, 6.45) is 8.38. The zero-order chi connectivity index (χ0) is 11.6. The molecule has 0 aromatic heterocycles. The number of hydrogen-bond acceptors (Lipinski definition) is 1. The number of ether oxygens (including phenoxy) is 1. The molecular formula is C15H20O. The molecule has 1 saturated heterocycles. The van der Waals surface area contributed by atoms with E-state index in [9.17, 15) is 0 Å². The van der Waals surface area contributed by atoms with Gasteiger partial charge in [-0.05, 0) is 19.3 Å². The fraction of sp³-hybridized carbons (Fsp3) is 0.600. The number of allylic oxidation sites excluding steroid dienone is 1. The van der Waals surface area contributed by atoms with E-state index in [2.05, 4.69) is 39.2 Å². The molecule has 0 aromatic carbocycles. The highest BCUT2D eigenvalue weighted by atomic mass is 16.5. The Hall–Kier alpha value is -0.820. The third-order valence-electron chi connectivity index (χ3n) is 5.03. The van der Waals surface area contributed by atoms with Crippen molar-refractivity contribution in [2.24, 2.45) is 10.8 Å². The van der Waals surface area contributed by atoms with E-state index in [-0.39, 0.29) is 16.9 Å². The largest absolute Gasteiger partial charge is 0.373 e. The average Bonchev–Trinajstić information content (AvgIpc) is 2.34. The van der Waals surface area contributed by atoms with Crippen LogP contribution in [-0.4, -0.2) is 12.2 Å². The van der Waals surface area contributed by atoms with Crippen molar-refractivity contribution in [2.75, 3.05) is 0 Å². The SMILES string of the molecule is C=C1C=C[C@]23C(=C)CC[C@H](O[C@H]2C1)C3(C)C. The molecule has 1 heteroatoms. The Morgan fingerprint density at radius 3 is 2.81 bits per heavy atom. The van der Waals surface area contributed by atoms with Gasteiger partial charge in [-0.25, -0.2) is 0 Å². The Bertz CT molecular complexity index is 402. The molecule has 2 fully saturated rings. The molecule has 16 heavy (non-hydrogen) atoms. The van der Waals surface area contributed by atoms with Gasteiger partial charge in [-0.15, -0.1) is 0 Å². The maximum atomic E-state index is 6.26. The van der Waals surface area contributed by atoms with Crippen LogP contribution in [0.15, 0.2) is 36.5 Å². The number of rotatable bonds is 0. The normalized spacial score (nSPS) is 44.6.